The van der Waals surface area contributed by atoms with Crippen molar-refractivity contribution in [1.82, 2.24) is 4.90 Å². The van der Waals surface area contributed by atoms with Gasteiger partial charge in [-0.05, 0) is 89.0 Å². The molecule has 46 heavy (non-hydrogen) atoms. The lowest BCUT2D eigenvalue weighted by Crippen LogP contribution is -2.52. The maximum Gasteiger partial charge on any atom is 0.264 e. The van der Waals surface area contributed by atoms with Crippen LogP contribution in [0.4, 0.5) is 5.69 Å². The SMILES string of the molecule is COc1ccc([Si](C)(C)[C@@H]2[C@@H](CC(=O)N3CCC[C@H]3CO)O[C@]3(C(=O)N(Cc4ccc(I)cc4)c4ccc(OC)cc43)[C@H]2C)cc1. The van der Waals surface area contributed by atoms with E-state index in [4.69, 9.17) is 14.2 Å². The van der Waals surface area contributed by atoms with Crippen molar-refractivity contribution < 1.29 is 28.9 Å². The van der Waals surface area contributed by atoms with Crippen LogP contribution in [0.2, 0.25) is 18.6 Å². The van der Waals surface area contributed by atoms with Crippen molar-refractivity contribution in [2.45, 2.75) is 69.1 Å². The van der Waals surface area contributed by atoms with Crippen LogP contribution in [0.15, 0.2) is 66.7 Å². The molecule has 244 valence electrons. The van der Waals surface area contributed by atoms with Crippen LogP contribution in [0, 0.1) is 9.49 Å². The standard InChI is InChI=1S/C36H43IN2O6Si/c1-23-34(46(4,5)29-15-12-27(43-2)13-16-29)32(20-33(41)38-18-6-7-26(38)22-40)45-36(23)30-19-28(44-3)14-17-31(30)39(35(36)42)21-24-8-10-25(37)11-9-24/h8-17,19,23,26,32,34,40H,6-7,18,20-22H2,1-5H3/t23-,26-,32+,34-,36+/m0/s1. The molecule has 0 saturated carbocycles. The van der Waals surface area contributed by atoms with E-state index in [0.29, 0.717) is 18.8 Å². The van der Waals surface area contributed by atoms with Crippen LogP contribution in [0.1, 0.15) is 37.3 Å². The normalized spacial score (nSPS) is 25.8. The number of aliphatic hydroxyl groups is 1. The Hall–Kier alpha value is -2.93. The van der Waals surface area contributed by atoms with E-state index in [1.54, 1.807) is 14.2 Å². The van der Waals surface area contributed by atoms with Crippen LogP contribution in [0.25, 0.3) is 0 Å². The van der Waals surface area contributed by atoms with Gasteiger partial charge < -0.3 is 29.1 Å². The summed E-state index contributed by atoms with van der Waals surface area (Å²) in [5, 5.41) is 11.2. The predicted octanol–water partition coefficient (Wildman–Crippen LogP) is 5.44. The fraction of sp³-hybridized carbons (Fsp3) is 0.444. The van der Waals surface area contributed by atoms with Crippen molar-refractivity contribution in [1.29, 1.82) is 0 Å². The number of likely N-dealkylation sites (tertiary alicyclic amines) is 1. The molecule has 10 heteroatoms. The Morgan fingerprint density at radius 3 is 2.37 bits per heavy atom. The molecule has 3 aromatic carbocycles. The third kappa shape index (κ3) is 5.54. The van der Waals surface area contributed by atoms with E-state index in [9.17, 15) is 14.7 Å². The molecule has 0 unspecified atom stereocenters. The summed E-state index contributed by atoms with van der Waals surface area (Å²) in [7, 11) is 0.878. The second kappa shape index (κ2) is 12.9. The van der Waals surface area contributed by atoms with Crippen LogP contribution >= 0.6 is 22.6 Å². The van der Waals surface area contributed by atoms with Gasteiger partial charge in [-0.25, -0.2) is 0 Å². The van der Waals surface area contributed by atoms with Gasteiger partial charge in [0.1, 0.15) is 11.5 Å². The van der Waals surface area contributed by atoms with Crippen LogP contribution in [-0.4, -0.2) is 69.4 Å². The quantitative estimate of drug-likeness (QED) is 0.231. The highest BCUT2D eigenvalue weighted by Gasteiger charge is 2.66. The number of benzene rings is 3. The molecule has 0 bridgehead atoms. The highest BCUT2D eigenvalue weighted by Crippen LogP contribution is 2.60. The molecular weight excluding hydrogens is 711 g/mol. The number of nitrogens with zero attached hydrogens (tertiary/aromatic N) is 2. The smallest absolute Gasteiger partial charge is 0.264 e. The first kappa shape index (κ1) is 33.0. The first-order valence-electron chi connectivity index (χ1n) is 16.0. The zero-order chi connectivity index (χ0) is 32.8. The number of ether oxygens (including phenoxy) is 3. The Kier molecular flexibility index (Phi) is 9.27. The third-order valence-electron chi connectivity index (χ3n) is 10.6. The van der Waals surface area contributed by atoms with Gasteiger partial charge in [-0.3, -0.25) is 9.59 Å². The highest BCUT2D eigenvalue weighted by atomic mass is 127. The Bertz CT molecular complexity index is 1600. The monoisotopic (exact) mass is 754 g/mol. The number of carbonyl (C=O) groups excluding carboxylic acids is 2. The van der Waals surface area contributed by atoms with E-state index < -0.39 is 19.8 Å². The lowest BCUT2D eigenvalue weighted by Gasteiger charge is -2.37. The summed E-state index contributed by atoms with van der Waals surface area (Å²) in [5.74, 6) is 1.08. The molecular formula is C36H43IN2O6Si. The molecule has 1 spiro atoms. The molecule has 5 atom stereocenters. The molecule has 2 amide bonds. The van der Waals surface area contributed by atoms with Gasteiger partial charge in [0.15, 0.2) is 5.60 Å². The summed E-state index contributed by atoms with van der Waals surface area (Å²) in [6.45, 7) is 7.76. The minimum Gasteiger partial charge on any atom is -0.497 e. The maximum absolute atomic E-state index is 15.0. The average Bonchev–Trinajstić information content (AvgIpc) is 3.72. The zero-order valence-electron chi connectivity index (χ0n) is 27.2. The van der Waals surface area contributed by atoms with E-state index in [2.05, 4.69) is 79.0 Å². The topological polar surface area (TPSA) is 88.5 Å². The second-order valence-electron chi connectivity index (χ2n) is 13.3. The van der Waals surface area contributed by atoms with Crippen molar-refractivity contribution in [2.24, 2.45) is 5.92 Å². The van der Waals surface area contributed by atoms with Crippen molar-refractivity contribution in [3.8, 4) is 11.5 Å². The largest absolute Gasteiger partial charge is 0.497 e. The summed E-state index contributed by atoms with van der Waals surface area (Å²) in [4.78, 5) is 32.6. The Morgan fingerprint density at radius 1 is 1.04 bits per heavy atom. The van der Waals surface area contributed by atoms with Crippen molar-refractivity contribution in [3.05, 3.63) is 81.4 Å². The van der Waals surface area contributed by atoms with Gasteiger partial charge in [-0.1, -0.05) is 49.5 Å². The number of hydrogen-bond donors (Lipinski definition) is 1. The van der Waals surface area contributed by atoms with Gasteiger partial charge >= 0.3 is 0 Å². The summed E-state index contributed by atoms with van der Waals surface area (Å²) >= 11 is 2.29. The minimum atomic E-state index is -2.41. The first-order chi connectivity index (χ1) is 22.0. The first-order valence-corrected chi connectivity index (χ1v) is 20.2. The van der Waals surface area contributed by atoms with Crippen LogP contribution in [-0.2, 0) is 26.5 Å². The Morgan fingerprint density at radius 2 is 1.72 bits per heavy atom. The molecule has 3 heterocycles. The summed E-state index contributed by atoms with van der Waals surface area (Å²) < 4.78 is 19.4. The molecule has 0 radical (unpaired) electrons. The predicted molar refractivity (Wildman–Crippen MR) is 189 cm³/mol. The van der Waals surface area contributed by atoms with Crippen LogP contribution in [0.5, 0.6) is 11.5 Å². The zero-order valence-corrected chi connectivity index (χ0v) is 30.3. The average molecular weight is 755 g/mol. The van der Waals surface area contributed by atoms with Gasteiger partial charge in [-0.2, -0.15) is 0 Å². The van der Waals surface area contributed by atoms with E-state index in [-0.39, 0.29) is 42.3 Å². The van der Waals surface area contributed by atoms with E-state index >= 15 is 0 Å². The Labute approximate surface area is 286 Å². The van der Waals surface area contributed by atoms with Gasteiger partial charge in [0, 0.05) is 21.6 Å². The van der Waals surface area contributed by atoms with Crippen LogP contribution < -0.4 is 19.6 Å². The van der Waals surface area contributed by atoms with Crippen molar-refractivity contribution >= 4 is 53.4 Å². The fourth-order valence-corrected chi connectivity index (χ4v) is 12.6. The van der Waals surface area contributed by atoms with Gasteiger partial charge in [0.25, 0.3) is 5.91 Å². The third-order valence-corrected chi connectivity index (χ3v) is 15.7. The Balaban J connectivity index is 1.45. The van der Waals surface area contributed by atoms with Gasteiger partial charge in [0.2, 0.25) is 5.91 Å². The molecule has 2 fully saturated rings. The van der Waals surface area contributed by atoms with E-state index in [1.807, 2.05) is 40.1 Å². The lowest BCUT2D eigenvalue weighted by molar-refractivity contribution is -0.150. The molecule has 8 nitrogen and oxygen atoms in total. The number of halogens is 1. The molecule has 3 aliphatic heterocycles. The van der Waals surface area contributed by atoms with Gasteiger partial charge in [-0.15, -0.1) is 0 Å². The van der Waals surface area contributed by atoms with Crippen molar-refractivity contribution in [3.63, 3.8) is 0 Å². The number of rotatable bonds is 9. The highest BCUT2D eigenvalue weighted by molar-refractivity contribution is 14.1. The van der Waals surface area contributed by atoms with Gasteiger partial charge in [0.05, 0.1) is 59.7 Å². The number of methoxy groups -OCH3 is 2. The molecule has 0 aromatic heterocycles. The number of anilines is 1. The maximum atomic E-state index is 15.0. The number of aliphatic hydroxyl groups excluding tert-OH is 1. The molecule has 6 rings (SSSR count). The number of carbonyl (C=O) groups is 2. The number of fused-ring (bicyclic) bond motifs is 2. The molecule has 0 aliphatic carbocycles. The number of hydrogen-bond acceptors (Lipinski definition) is 6. The molecule has 3 aliphatic rings. The summed E-state index contributed by atoms with van der Waals surface area (Å²) in [6.07, 6.45) is 1.33. The van der Waals surface area contributed by atoms with Crippen molar-refractivity contribution in [2.75, 3.05) is 32.3 Å². The lowest BCUT2D eigenvalue weighted by atomic mass is 9.82. The van der Waals surface area contributed by atoms with E-state index in [1.165, 1.54) is 5.19 Å². The molecule has 3 aromatic rings. The minimum absolute atomic E-state index is 0.0256. The molecule has 2 saturated heterocycles. The van der Waals surface area contributed by atoms with E-state index in [0.717, 1.165) is 39.0 Å². The molecule has 1 N–H and O–H groups in total. The summed E-state index contributed by atoms with van der Waals surface area (Å²) in [5.41, 5.74) is 1.29. The number of amides is 2. The van der Waals surface area contributed by atoms with Crippen LogP contribution in [0.3, 0.4) is 0 Å². The fourth-order valence-electron chi connectivity index (χ4n) is 8.19. The second-order valence-corrected chi connectivity index (χ2v) is 19.3. The summed E-state index contributed by atoms with van der Waals surface area (Å²) in [6, 6.07) is 22.1.